The number of para-hydroxylation sites is 1. The van der Waals surface area contributed by atoms with Crippen molar-refractivity contribution in [3.05, 3.63) is 47.5 Å². The molecule has 1 atom stereocenters. The Kier molecular flexibility index (Phi) is 7.72. The van der Waals surface area contributed by atoms with Crippen molar-refractivity contribution < 1.29 is 23.7 Å². The molecule has 2 N–H and O–H groups in total. The number of nitrogens with zero attached hydrogens (tertiary/aromatic N) is 1. The normalized spacial score (nSPS) is 16.0. The Morgan fingerprint density at radius 1 is 1.13 bits per heavy atom. The summed E-state index contributed by atoms with van der Waals surface area (Å²) in [5.41, 5.74) is 2.25. The number of rotatable bonds is 7. The third-order valence-corrected chi connectivity index (χ3v) is 5.03. The molecule has 166 valence electrons. The third-order valence-electron chi connectivity index (χ3n) is 5.03. The number of benzene rings is 2. The first-order chi connectivity index (χ1) is 15.0. The van der Waals surface area contributed by atoms with Crippen LogP contribution in [0.1, 0.15) is 28.8 Å². The maximum atomic E-state index is 13.0. The van der Waals surface area contributed by atoms with Gasteiger partial charge in [0.2, 0.25) is 11.7 Å². The Labute approximate surface area is 182 Å². The summed E-state index contributed by atoms with van der Waals surface area (Å²) in [6.07, 6.45) is 2.05. The van der Waals surface area contributed by atoms with E-state index in [1.165, 1.54) is 21.3 Å². The first-order valence-electron chi connectivity index (χ1n) is 10.2. The van der Waals surface area contributed by atoms with E-state index in [-0.39, 0.29) is 12.0 Å². The molecule has 1 aliphatic rings. The van der Waals surface area contributed by atoms with E-state index >= 15 is 0 Å². The topological polar surface area (TPSA) is 90.4 Å². The molecule has 0 radical (unpaired) electrons. The van der Waals surface area contributed by atoms with Crippen molar-refractivity contribution >= 4 is 17.6 Å². The van der Waals surface area contributed by atoms with E-state index in [1.807, 2.05) is 31.2 Å². The highest BCUT2D eigenvalue weighted by Crippen LogP contribution is 2.38. The van der Waals surface area contributed by atoms with Gasteiger partial charge in [0, 0.05) is 17.9 Å². The van der Waals surface area contributed by atoms with Gasteiger partial charge in [0.1, 0.15) is 0 Å². The fourth-order valence-electron chi connectivity index (χ4n) is 3.32. The first kappa shape index (κ1) is 22.4. The van der Waals surface area contributed by atoms with E-state index in [9.17, 15) is 4.79 Å². The number of aliphatic imine (C=N–C) groups is 1. The van der Waals surface area contributed by atoms with Crippen molar-refractivity contribution in [3.63, 3.8) is 0 Å². The highest BCUT2D eigenvalue weighted by atomic mass is 16.5. The van der Waals surface area contributed by atoms with Crippen LogP contribution in [0.15, 0.2) is 41.4 Å². The third kappa shape index (κ3) is 5.67. The Hall–Kier alpha value is -3.26. The smallest absolute Gasteiger partial charge is 0.258 e. The number of anilines is 1. The van der Waals surface area contributed by atoms with Gasteiger partial charge in [-0.25, -0.2) is 4.99 Å². The number of nitrogens with one attached hydrogen (secondary N) is 2. The van der Waals surface area contributed by atoms with Crippen LogP contribution in [0, 0.1) is 6.92 Å². The van der Waals surface area contributed by atoms with Crippen LogP contribution in [0.25, 0.3) is 0 Å². The summed E-state index contributed by atoms with van der Waals surface area (Å²) in [6, 6.07) is 11.0. The number of aryl methyl sites for hydroxylation is 1. The molecule has 8 heteroatoms. The zero-order chi connectivity index (χ0) is 22.2. The second-order valence-electron chi connectivity index (χ2n) is 7.13. The van der Waals surface area contributed by atoms with Crippen molar-refractivity contribution in [2.24, 2.45) is 4.99 Å². The van der Waals surface area contributed by atoms with E-state index in [0.29, 0.717) is 35.3 Å². The lowest BCUT2D eigenvalue weighted by molar-refractivity contribution is 0.0974. The van der Waals surface area contributed by atoms with Gasteiger partial charge < -0.3 is 24.3 Å². The van der Waals surface area contributed by atoms with Crippen molar-refractivity contribution in [3.8, 4) is 17.2 Å². The van der Waals surface area contributed by atoms with Gasteiger partial charge in [0.25, 0.3) is 5.91 Å². The fourth-order valence-corrected chi connectivity index (χ4v) is 3.32. The van der Waals surface area contributed by atoms with E-state index in [4.69, 9.17) is 18.9 Å². The van der Waals surface area contributed by atoms with Gasteiger partial charge in [-0.05, 0) is 43.5 Å². The number of guanidine groups is 1. The molecule has 1 heterocycles. The highest BCUT2D eigenvalue weighted by Gasteiger charge is 2.19. The van der Waals surface area contributed by atoms with E-state index in [1.54, 1.807) is 12.1 Å². The molecular formula is C23H29N3O5. The minimum Gasteiger partial charge on any atom is -0.493 e. The van der Waals surface area contributed by atoms with Gasteiger partial charge in [-0.3, -0.25) is 10.1 Å². The van der Waals surface area contributed by atoms with Crippen LogP contribution in [0.3, 0.4) is 0 Å². The molecule has 1 aliphatic heterocycles. The maximum absolute atomic E-state index is 13.0. The Morgan fingerprint density at radius 2 is 1.84 bits per heavy atom. The maximum Gasteiger partial charge on any atom is 0.258 e. The van der Waals surface area contributed by atoms with Gasteiger partial charge in [0.15, 0.2) is 11.5 Å². The largest absolute Gasteiger partial charge is 0.493 e. The molecule has 0 aromatic heterocycles. The minimum absolute atomic E-state index is 0.0618. The lowest BCUT2D eigenvalue weighted by Gasteiger charge is -2.16. The zero-order valence-corrected chi connectivity index (χ0v) is 18.4. The average molecular weight is 428 g/mol. The molecule has 2 aromatic rings. The summed E-state index contributed by atoms with van der Waals surface area (Å²) in [6.45, 7) is 3.20. The monoisotopic (exact) mass is 427 g/mol. The lowest BCUT2D eigenvalue weighted by Crippen LogP contribution is -2.37. The summed E-state index contributed by atoms with van der Waals surface area (Å²) >= 11 is 0. The minimum atomic E-state index is -0.355. The molecule has 0 spiro atoms. The molecule has 0 saturated carbocycles. The van der Waals surface area contributed by atoms with Crippen molar-refractivity contribution in [2.45, 2.75) is 25.9 Å². The number of hydrogen-bond acceptors (Lipinski definition) is 6. The SMILES string of the molecule is COc1cc(C(=O)NC(=NC[C@H]2CCCO2)Nc2ccccc2C)cc(OC)c1OC. The molecule has 2 aromatic carbocycles. The summed E-state index contributed by atoms with van der Waals surface area (Å²) in [7, 11) is 4.53. The van der Waals surface area contributed by atoms with Gasteiger partial charge in [-0.2, -0.15) is 0 Å². The summed E-state index contributed by atoms with van der Waals surface area (Å²) < 4.78 is 21.7. The van der Waals surface area contributed by atoms with E-state index in [0.717, 1.165) is 30.7 Å². The molecule has 3 rings (SSSR count). The Bertz CT molecular complexity index is 914. The summed E-state index contributed by atoms with van der Waals surface area (Å²) in [4.78, 5) is 17.6. The van der Waals surface area contributed by atoms with Gasteiger partial charge >= 0.3 is 0 Å². The molecule has 8 nitrogen and oxygen atoms in total. The van der Waals surface area contributed by atoms with E-state index < -0.39 is 0 Å². The molecule has 1 amide bonds. The number of carbonyl (C=O) groups is 1. The van der Waals surface area contributed by atoms with Crippen LogP contribution in [-0.4, -0.2) is 52.5 Å². The molecule has 31 heavy (non-hydrogen) atoms. The predicted molar refractivity (Wildman–Crippen MR) is 120 cm³/mol. The van der Waals surface area contributed by atoms with Crippen LogP contribution in [0.4, 0.5) is 5.69 Å². The van der Waals surface area contributed by atoms with Gasteiger partial charge in [-0.1, -0.05) is 18.2 Å². The van der Waals surface area contributed by atoms with Crippen molar-refractivity contribution in [1.29, 1.82) is 0 Å². The molecule has 1 saturated heterocycles. The van der Waals surface area contributed by atoms with Crippen molar-refractivity contribution in [1.82, 2.24) is 5.32 Å². The zero-order valence-electron chi connectivity index (χ0n) is 18.4. The molecule has 1 fully saturated rings. The summed E-state index contributed by atoms with van der Waals surface area (Å²) in [5, 5.41) is 6.09. The fraction of sp³-hybridized carbons (Fsp3) is 0.391. The number of amides is 1. The van der Waals surface area contributed by atoms with Crippen LogP contribution in [0.2, 0.25) is 0 Å². The van der Waals surface area contributed by atoms with Crippen LogP contribution < -0.4 is 24.8 Å². The van der Waals surface area contributed by atoms with Crippen LogP contribution >= 0.6 is 0 Å². The number of ether oxygens (including phenoxy) is 4. The van der Waals surface area contributed by atoms with Gasteiger partial charge in [-0.15, -0.1) is 0 Å². The Morgan fingerprint density at radius 3 is 2.42 bits per heavy atom. The lowest BCUT2D eigenvalue weighted by atomic mass is 10.1. The molecule has 0 bridgehead atoms. The highest BCUT2D eigenvalue weighted by molar-refractivity contribution is 6.10. The number of carbonyl (C=O) groups excluding carboxylic acids is 1. The molecular weight excluding hydrogens is 398 g/mol. The second kappa shape index (κ2) is 10.7. The molecule has 0 unspecified atom stereocenters. The van der Waals surface area contributed by atoms with Crippen molar-refractivity contribution in [2.75, 3.05) is 39.8 Å². The summed E-state index contributed by atoms with van der Waals surface area (Å²) in [5.74, 6) is 1.22. The predicted octanol–water partition coefficient (Wildman–Crippen LogP) is 3.40. The first-order valence-corrected chi connectivity index (χ1v) is 10.2. The number of hydrogen-bond donors (Lipinski definition) is 2. The second-order valence-corrected chi connectivity index (χ2v) is 7.13. The Balaban J connectivity index is 1.85. The van der Waals surface area contributed by atoms with E-state index in [2.05, 4.69) is 15.6 Å². The quantitative estimate of drug-likeness (QED) is 0.520. The molecule has 0 aliphatic carbocycles. The van der Waals surface area contributed by atoms with Gasteiger partial charge in [0.05, 0.1) is 34.0 Å². The average Bonchev–Trinajstić information content (AvgIpc) is 3.31. The van der Waals surface area contributed by atoms with Crippen LogP contribution in [-0.2, 0) is 4.74 Å². The standard InChI is InChI=1S/C23H29N3O5/c1-15-8-5-6-10-18(15)25-23(24-14-17-9-7-11-31-17)26-22(27)16-12-19(28-2)21(30-4)20(13-16)29-3/h5-6,8,10,12-13,17H,7,9,11,14H2,1-4H3,(H2,24,25,26,27)/t17-/m1/s1. The number of methoxy groups -OCH3 is 3. The van der Waals surface area contributed by atoms with Crippen LogP contribution in [0.5, 0.6) is 17.2 Å².